The van der Waals surface area contributed by atoms with Crippen LogP contribution in [0.3, 0.4) is 0 Å². The molecular weight excluding hydrogens is 348 g/mol. The van der Waals surface area contributed by atoms with E-state index in [-0.39, 0.29) is 0 Å². The Hall–Kier alpha value is -3.17. The van der Waals surface area contributed by atoms with Crippen molar-refractivity contribution in [3.63, 3.8) is 0 Å². The van der Waals surface area contributed by atoms with Crippen LogP contribution in [-0.4, -0.2) is 0 Å². The lowest BCUT2D eigenvalue weighted by Gasteiger charge is -2.42. The van der Waals surface area contributed by atoms with E-state index in [4.69, 9.17) is 11.5 Å². The van der Waals surface area contributed by atoms with Crippen LogP contribution in [0.5, 0.6) is 0 Å². The molecule has 0 spiro atoms. The summed E-state index contributed by atoms with van der Waals surface area (Å²) in [5.74, 6) is 0. The predicted molar refractivity (Wildman–Crippen MR) is 115 cm³/mol. The number of hydrogen-bond donors (Lipinski definition) is 2. The van der Waals surface area contributed by atoms with Gasteiger partial charge in [0.05, 0.1) is 0 Å². The van der Waals surface area contributed by atoms with Crippen LogP contribution < -0.4 is 11.5 Å². The monoisotopic (exact) mass is 370 g/mol. The van der Waals surface area contributed by atoms with Crippen molar-refractivity contribution in [3.8, 4) is 0 Å². The van der Waals surface area contributed by atoms with Gasteiger partial charge < -0.3 is 11.5 Å². The number of anilines is 2. The fourth-order valence-electron chi connectivity index (χ4n) is 3.41. The van der Waals surface area contributed by atoms with Crippen molar-refractivity contribution in [3.05, 3.63) is 109 Å². The molecule has 2 nitrogen and oxygen atoms in total. The first-order chi connectivity index (χ1) is 13.2. The van der Waals surface area contributed by atoms with Gasteiger partial charge in [0.15, 0.2) is 0 Å². The largest absolute Gasteiger partial charge is 0.399 e. The van der Waals surface area contributed by atoms with Gasteiger partial charge in [0.25, 0.3) is 0 Å². The molecule has 4 rings (SSSR count). The molecule has 0 atom stereocenters. The molecule has 0 aliphatic carbocycles. The zero-order valence-electron chi connectivity index (χ0n) is 15.0. The van der Waals surface area contributed by atoms with Gasteiger partial charge in [-0.2, -0.15) is 0 Å². The van der Waals surface area contributed by atoms with Gasteiger partial charge in [-0.25, -0.2) is 0 Å². The van der Waals surface area contributed by atoms with Gasteiger partial charge in [-0.15, -0.1) is 10.0 Å². The van der Waals surface area contributed by atoms with Crippen LogP contribution in [0.25, 0.3) is 0 Å². The Morgan fingerprint density at radius 3 is 1.00 bits per heavy atom. The van der Waals surface area contributed by atoms with E-state index in [0.29, 0.717) is 0 Å². The molecule has 0 unspecified atom stereocenters. The second-order valence-corrected chi connectivity index (χ2v) is 9.49. The summed E-state index contributed by atoms with van der Waals surface area (Å²) >= 11 is 0. The third-order valence-corrected chi connectivity index (χ3v) is 8.58. The van der Waals surface area contributed by atoms with Crippen molar-refractivity contribution in [1.29, 1.82) is 0 Å². The molecule has 0 aliphatic rings. The van der Waals surface area contributed by atoms with E-state index in [0.717, 1.165) is 11.4 Å². The highest BCUT2D eigenvalue weighted by Gasteiger charge is 2.32. The quantitative estimate of drug-likeness (QED) is 0.421. The van der Waals surface area contributed by atoms with Crippen molar-refractivity contribution < 1.29 is 0 Å². The highest BCUT2D eigenvalue weighted by atomic mass is 32.3. The molecule has 4 N–H and O–H groups in total. The lowest BCUT2D eigenvalue weighted by molar-refractivity contribution is 1.24. The van der Waals surface area contributed by atoms with Crippen LogP contribution in [0.2, 0.25) is 0 Å². The van der Waals surface area contributed by atoms with Crippen molar-refractivity contribution in [2.75, 3.05) is 11.5 Å². The summed E-state index contributed by atoms with van der Waals surface area (Å²) < 4.78 is 0. The standard InChI is InChI=1S/C24H22N2S/c25-19-11-15-23(16-12-19)27(21-7-3-1-4-8-21,22-9-5-2-6-10-22)24-17-13-20(26)14-18-24/h1-18H,25-26H2. The molecule has 0 saturated heterocycles. The number of rotatable bonds is 4. The Kier molecular flexibility index (Phi) is 4.61. The van der Waals surface area contributed by atoms with E-state index in [1.54, 1.807) is 0 Å². The summed E-state index contributed by atoms with van der Waals surface area (Å²) in [6.45, 7) is 0. The molecule has 0 aromatic heterocycles. The van der Waals surface area contributed by atoms with Gasteiger partial charge in [-0.1, -0.05) is 36.4 Å². The van der Waals surface area contributed by atoms with Crippen molar-refractivity contribution in [2.45, 2.75) is 19.6 Å². The fourth-order valence-corrected chi connectivity index (χ4v) is 7.26. The van der Waals surface area contributed by atoms with Crippen LogP contribution in [0.15, 0.2) is 129 Å². The maximum atomic E-state index is 6.00. The summed E-state index contributed by atoms with van der Waals surface area (Å²) in [6.07, 6.45) is 0. The van der Waals surface area contributed by atoms with Crippen LogP contribution in [0.1, 0.15) is 0 Å². The van der Waals surface area contributed by atoms with Gasteiger partial charge in [-0.05, 0) is 72.8 Å². The smallest absolute Gasteiger partial charge is 0.0314 e. The number of nitrogens with two attached hydrogens (primary N) is 2. The minimum Gasteiger partial charge on any atom is -0.399 e. The topological polar surface area (TPSA) is 52.0 Å². The minimum atomic E-state index is -1.66. The van der Waals surface area contributed by atoms with E-state index in [9.17, 15) is 0 Å². The second-order valence-electron chi connectivity index (χ2n) is 6.38. The Labute approximate surface area is 161 Å². The molecule has 0 saturated carbocycles. The van der Waals surface area contributed by atoms with Gasteiger partial charge in [0.2, 0.25) is 0 Å². The maximum Gasteiger partial charge on any atom is 0.0314 e. The molecule has 134 valence electrons. The lowest BCUT2D eigenvalue weighted by Crippen LogP contribution is -2.05. The highest BCUT2D eigenvalue weighted by Crippen LogP contribution is 2.73. The number of hydrogen-bond acceptors (Lipinski definition) is 2. The average molecular weight is 371 g/mol. The third-order valence-electron chi connectivity index (χ3n) is 4.66. The minimum absolute atomic E-state index is 0.769. The summed E-state index contributed by atoms with van der Waals surface area (Å²) in [7, 11) is -1.66. The Morgan fingerprint density at radius 2 is 0.667 bits per heavy atom. The van der Waals surface area contributed by atoms with Gasteiger partial charge >= 0.3 is 0 Å². The molecule has 3 heteroatoms. The summed E-state index contributed by atoms with van der Waals surface area (Å²) in [6, 6.07) is 38.0. The Balaban J connectivity index is 2.11. The Morgan fingerprint density at radius 1 is 0.370 bits per heavy atom. The van der Waals surface area contributed by atoms with E-state index < -0.39 is 10.0 Å². The van der Waals surface area contributed by atoms with E-state index in [1.165, 1.54) is 19.6 Å². The van der Waals surface area contributed by atoms with Crippen molar-refractivity contribution >= 4 is 21.4 Å². The third kappa shape index (κ3) is 3.07. The highest BCUT2D eigenvalue weighted by molar-refractivity contribution is 8.34. The van der Waals surface area contributed by atoms with Gasteiger partial charge in [0.1, 0.15) is 0 Å². The summed E-state index contributed by atoms with van der Waals surface area (Å²) in [5.41, 5.74) is 13.5. The first-order valence-electron chi connectivity index (χ1n) is 8.86. The normalized spacial score (nSPS) is 11.9. The SMILES string of the molecule is Nc1ccc(S(c2ccccc2)(c2ccccc2)c2ccc(N)cc2)cc1. The summed E-state index contributed by atoms with van der Waals surface area (Å²) in [5, 5.41) is 0. The van der Waals surface area contributed by atoms with Crippen LogP contribution in [-0.2, 0) is 0 Å². The van der Waals surface area contributed by atoms with Gasteiger partial charge in [-0.3, -0.25) is 0 Å². The lowest BCUT2D eigenvalue weighted by atomic mass is 10.3. The molecule has 0 heterocycles. The average Bonchev–Trinajstić information content (AvgIpc) is 2.73. The number of nitrogen functional groups attached to an aromatic ring is 2. The predicted octanol–water partition coefficient (Wildman–Crippen LogP) is 6.19. The molecule has 0 amide bonds. The Bertz CT molecular complexity index is 924. The van der Waals surface area contributed by atoms with E-state index >= 15 is 0 Å². The zero-order chi connectivity index (χ0) is 18.7. The first kappa shape index (κ1) is 17.3. The van der Waals surface area contributed by atoms with Crippen LogP contribution in [0.4, 0.5) is 11.4 Å². The molecule has 4 aromatic carbocycles. The molecule has 27 heavy (non-hydrogen) atoms. The zero-order valence-corrected chi connectivity index (χ0v) is 15.8. The number of benzene rings is 4. The van der Waals surface area contributed by atoms with E-state index in [2.05, 4.69) is 84.9 Å². The molecule has 0 fully saturated rings. The van der Waals surface area contributed by atoms with Crippen LogP contribution >= 0.6 is 10.0 Å². The maximum absolute atomic E-state index is 6.00. The van der Waals surface area contributed by atoms with E-state index in [1.807, 2.05) is 24.3 Å². The van der Waals surface area contributed by atoms with Crippen molar-refractivity contribution in [1.82, 2.24) is 0 Å². The second kappa shape index (κ2) is 7.22. The molecule has 0 radical (unpaired) electrons. The first-order valence-corrected chi connectivity index (χ1v) is 10.5. The molecule has 0 aliphatic heterocycles. The van der Waals surface area contributed by atoms with Crippen molar-refractivity contribution in [2.24, 2.45) is 0 Å². The van der Waals surface area contributed by atoms with Gasteiger partial charge in [0, 0.05) is 31.0 Å². The van der Waals surface area contributed by atoms with Crippen LogP contribution in [0, 0.1) is 0 Å². The molecule has 0 bridgehead atoms. The summed E-state index contributed by atoms with van der Waals surface area (Å²) in [4.78, 5) is 5.06. The molecular formula is C24H22N2S. The fraction of sp³-hybridized carbons (Fsp3) is 0. The molecule has 4 aromatic rings.